The van der Waals surface area contributed by atoms with Crippen LogP contribution in [0.25, 0.3) is 0 Å². The molecule has 0 aliphatic carbocycles. The van der Waals surface area contributed by atoms with Crippen LogP contribution < -0.4 is 5.73 Å². The normalized spacial score (nSPS) is 22.3. The summed E-state index contributed by atoms with van der Waals surface area (Å²) in [5.74, 6) is 1.76. The standard InChI is InChI=1S/C11H18N2O3S2/c1-8-7-13(3-4-17-8)18(14,15)11-5-10(6-12)16-9(11)2/h5,8H,3-4,6-7,12H2,1-2H3. The molecule has 2 heterocycles. The molecule has 1 unspecified atom stereocenters. The zero-order valence-electron chi connectivity index (χ0n) is 10.5. The molecular formula is C11H18N2O3S2. The molecule has 0 radical (unpaired) electrons. The van der Waals surface area contributed by atoms with Gasteiger partial charge >= 0.3 is 0 Å². The molecule has 1 fully saturated rings. The molecule has 5 nitrogen and oxygen atoms in total. The summed E-state index contributed by atoms with van der Waals surface area (Å²) in [7, 11) is -3.44. The maximum Gasteiger partial charge on any atom is 0.246 e. The summed E-state index contributed by atoms with van der Waals surface area (Å²) in [6, 6.07) is 1.54. The van der Waals surface area contributed by atoms with Gasteiger partial charge in [-0.1, -0.05) is 6.92 Å². The summed E-state index contributed by atoms with van der Waals surface area (Å²) in [4.78, 5) is 0.252. The van der Waals surface area contributed by atoms with Gasteiger partial charge in [0.1, 0.15) is 16.4 Å². The molecule has 2 rings (SSSR count). The highest BCUT2D eigenvalue weighted by molar-refractivity contribution is 8.00. The van der Waals surface area contributed by atoms with Gasteiger partial charge in [0.05, 0.1) is 6.54 Å². The van der Waals surface area contributed by atoms with Crippen LogP contribution in [0.1, 0.15) is 18.4 Å². The van der Waals surface area contributed by atoms with Crippen LogP contribution in [-0.2, 0) is 16.6 Å². The summed E-state index contributed by atoms with van der Waals surface area (Å²) >= 11 is 1.80. The van der Waals surface area contributed by atoms with E-state index in [4.69, 9.17) is 10.2 Å². The second kappa shape index (κ2) is 5.24. The summed E-state index contributed by atoms with van der Waals surface area (Å²) in [5.41, 5.74) is 5.47. The third-order valence-electron chi connectivity index (χ3n) is 2.95. The molecule has 18 heavy (non-hydrogen) atoms. The van der Waals surface area contributed by atoms with Crippen molar-refractivity contribution in [2.45, 2.75) is 30.5 Å². The van der Waals surface area contributed by atoms with Gasteiger partial charge in [0.2, 0.25) is 10.0 Å². The van der Waals surface area contributed by atoms with Gasteiger partial charge in [-0.05, 0) is 6.92 Å². The average Bonchev–Trinajstić information content (AvgIpc) is 2.71. The fourth-order valence-corrected chi connectivity index (χ4v) is 4.96. The first kappa shape index (κ1) is 13.9. The topological polar surface area (TPSA) is 76.5 Å². The van der Waals surface area contributed by atoms with E-state index in [2.05, 4.69) is 0 Å². The molecule has 1 atom stereocenters. The molecule has 102 valence electrons. The van der Waals surface area contributed by atoms with Crippen molar-refractivity contribution in [1.82, 2.24) is 4.31 Å². The van der Waals surface area contributed by atoms with E-state index in [0.717, 1.165) is 5.75 Å². The minimum Gasteiger partial charge on any atom is -0.464 e. The number of thioether (sulfide) groups is 1. The fraction of sp³-hybridized carbons (Fsp3) is 0.636. The zero-order valence-corrected chi connectivity index (χ0v) is 12.2. The number of nitrogens with zero attached hydrogens (tertiary/aromatic N) is 1. The van der Waals surface area contributed by atoms with Gasteiger partial charge < -0.3 is 10.2 Å². The van der Waals surface area contributed by atoms with Crippen LogP contribution in [0.15, 0.2) is 15.4 Å². The highest BCUT2D eigenvalue weighted by Crippen LogP contribution is 2.27. The van der Waals surface area contributed by atoms with Gasteiger partial charge in [0.15, 0.2) is 0 Å². The number of rotatable bonds is 3. The average molecular weight is 290 g/mol. The molecule has 1 saturated heterocycles. The van der Waals surface area contributed by atoms with Crippen molar-refractivity contribution in [3.8, 4) is 0 Å². The van der Waals surface area contributed by atoms with Crippen LogP contribution >= 0.6 is 11.8 Å². The lowest BCUT2D eigenvalue weighted by molar-refractivity contribution is 0.421. The first-order chi connectivity index (χ1) is 8.45. The monoisotopic (exact) mass is 290 g/mol. The molecule has 1 aromatic rings. The molecule has 0 spiro atoms. The van der Waals surface area contributed by atoms with Crippen LogP contribution in [0.4, 0.5) is 0 Å². The molecule has 0 bridgehead atoms. The molecular weight excluding hydrogens is 272 g/mol. The quantitative estimate of drug-likeness (QED) is 0.904. The highest BCUT2D eigenvalue weighted by Gasteiger charge is 2.31. The number of aryl methyl sites for hydroxylation is 1. The van der Waals surface area contributed by atoms with E-state index in [0.29, 0.717) is 29.9 Å². The van der Waals surface area contributed by atoms with Gasteiger partial charge in [-0.15, -0.1) is 0 Å². The van der Waals surface area contributed by atoms with Crippen LogP contribution in [0.3, 0.4) is 0 Å². The first-order valence-electron chi connectivity index (χ1n) is 5.86. The SMILES string of the molecule is Cc1oc(CN)cc1S(=O)(=O)N1CCSC(C)C1. The Morgan fingerprint density at radius 1 is 1.61 bits per heavy atom. The smallest absolute Gasteiger partial charge is 0.246 e. The maximum absolute atomic E-state index is 12.5. The molecule has 1 aliphatic heterocycles. The number of nitrogens with two attached hydrogens (primary N) is 1. The van der Waals surface area contributed by atoms with Crippen LogP contribution in [0.2, 0.25) is 0 Å². The van der Waals surface area contributed by atoms with Crippen LogP contribution in [-0.4, -0.2) is 36.8 Å². The van der Waals surface area contributed by atoms with Gasteiger partial charge in [0, 0.05) is 30.2 Å². The van der Waals surface area contributed by atoms with Crippen molar-refractivity contribution in [3.63, 3.8) is 0 Å². The van der Waals surface area contributed by atoms with Gasteiger partial charge in [0.25, 0.3) is 0 Å². The van der Waals surface area contributed by atoms with Crippen LogP contribution in [0.5, 0.6) is 0 Å². The van der Waals surface area contributed by atoms with Gasteiger partial charge in [-0.3, -0.25) is 0 Å². The van der Waals surface area contributed by atoms with Crippen molar-refractivity contribution in [2.24, 2.45) is 5.73 Å². The second-order valence-electron chi connectivity index (χ2n) is 4.38. The number of hydrogen-bond donors (Lipinski definition) is 1. The Morgan fingerprint density at radius 2 is 2.33 bits per heavy atom. The summed E-state index contributed by atoms with van der Waals surface area (Å²) in [6.07, 6.45) is 0. The fourth-order valence-electron chi connectivity index (χ4n) is 2.02. The minimum atomic E-state index is -3.44. The molecule has 2 N–H and O–H groups in total. The molecule has 0 amide bonds. The molecule has 1 aliphatic rings. The minimum absolute atomic E-state index is 0.211. The van der Waals surface area contributed by atoms with Crippen molar-refractivity contribution < 1.29 is 12.8 Å². The molecule has 7 heteroatoms. The number of sulfonamides is 1. The lowest BCUT2D eigenvalue weighted by Crippen LogP contribution is -2.41. The molecule has 0 saturated carbocycles. The number of hydrogen-bond acceptors (Lipinski definition) is 5. The van der Waals surface area contributed by atoms with Gasteiger partial charge in [-0.25, -0.2) is 8.42 Å². The van der Waals surface area contributed by atoms with E-state index in [1.165, 1.54) is 10.4 Å². The van der Waals surface area contributed by atoms with Crippen LogP contribution in [0, 0.1) is 6.92 Å². The number of furan rings is 1. The Kier molecular flexibility index (Phi) is 4.05. The Labute approximate surface area is 112 Å². The Hall–Kier alpha value is -0.500. The first-order valence-corrected chi connectivity index (χ1v) is 8.35. The maximum atomic E-state index is 12.5. The Bertz CT molecular complexity index is 524. The van der Waals surface area contributed by atoms with E-state index >= 15 is 0 Å². The molecule has 0 aromatic carbocycles. The largest absolute Gasteiger partial charge is 0.464 e. The summed E-state index contributed by atoms with van der Waals surface area (Å²) < 4.78 is 31.9. The lowest BCUT2D eigenvalue weighted by atomic mass is 10.4. The van der Waals surface area contributed by atoms with E-state index in [1.54, 1.807) is 18.7 Å². The lowest BCUT2D eigenvalue weighted by Gasteiger charge is -2.29. The second-order valence-corrected chi connectivity index (χ2v) is 7.83. The molecule has 1 aromatic heterocycles. The van der Waals surface area contributed by atoms with Crippen molar-refractivity contribution in [2.75, 3.05) is 18.8 Å². The van der Waals surface area contributed by atoms with E-state index in [1.807, 2.05) is 6.92 Å². The van der Waals surface area contributed by atoms with Gasteiger partial charge in [-0.2, -0.15) is 16.1 Å². The van der Waals surface area contributed by atoms with Crippen molar-refractivity contribution >= 4 is 21.8 Å². The van der Waals surface area contributed by atoms with Crippen molar-refractivity contribution in [1.29, 1.82) is 0 Å². The summed E-state index contributed by atoms with van der Waals surface area (Å²) in [5, 5.41) is 0.328. The summed E-state index contributed by atoms with van der Waals surface area (Å²) in [6.45, 7) is 5.02. The van der Waals surface area contributed by atoms with E-state index in [9.17, 15) is 8.42 Å². The predicted molar refractivity (Wildman–Crippen MR) is 72.0 cm³/mol. The Balaban J connectivity index is 2.32. The third-order valence-corrected chi connectivity index (χ3v) is 6.06. The Morgan fingerprint density at radius 3 is 2.89 bits per heavy atom. The highest BCUT2D eigenvalue weighted by atomic mass is 32.2. The third kappa shape index (κ3) is 2.59. The van der Waals surface area contributed by atoms with E-state index in [-0.39, 0.29) is 11.4 Å². The van der Waals surface area contributed by atoms with Crippen molar-refractivity contribution in [3.05, 3.63) is 17.6 Å². The van der Waals surface area contributed by atoms with E-state index < -0.39 is 10.0 Å². The zero-order chi connectivity index (χ0) is 13.3. The predicted octanol–water partition coefficient (Wildman–Crippen LogP) is 1.17.